The highest BCUT2D eigenvalue weighted by molar-refractivity contribution is 7.92. The molecule has 0 fully saturated rings. The molecule has 0 bridgehead atoms. The summed E-state index contributed by atoms with van der Waals surface area (Å²) in [5.74, 6) is -0.178. The number of sulfonamides is 1. The Balaban J connectivity index is 2.45. The summed E-state index contributed by atoms with van der Waals surface area (Å²) in [6, 6.07) is 12.4. The van der Waals surface area contributed by atoms with E-state index in [1.54, 1.807) is 12.1 Å². The van der Waals surface area contributed by atoms with E-state index in [0.29, 0.717) is 5.69 Å². The molecule has 0 saturated heterocycles. The number of phenolic OH excluding ortho intramolecular Hbond substituents is 1. The Morgan fingerprint density at radius 1 is 1.14 bits per heavy atom. The fraction of sp³-hybridized carbons (Fsp3) is 0.133. The van der Waals surface area contributed by atoms with E-state index in [-0.39, 0.29) is 16.2 Å². The second-order valence-electron chi connectivity index (χ2n) is 4.60. The summed E-state index contributed by atoms with van der Waals surface area (Å²) >= 11 is 0. The predicted molar refractivity (Wildman–Crippen MR) is 79.6 cm³/mol. The zero-order chi connectivity index (χ0) is 15.6. The number of benzene rings is 2. The van der Waals surface area contributed by atoms with Gasteiger partial charge in [0.25, 0.3) is 10.0 Å². The molecule has 0 aliphatic rings. The van der Waals surface area contributed by atoms with Crippen LogP contribution < -0.4 is 4.31 Å². The van der Waals surface area contributed by atoms with Gasteiger partial charge in [-0.05, 0) is 37.3 Å². The number of anilines is 1. The number of aromatic hydroxyl groups is 1. The second-order valence-corrected chi connectivity index (χ2v) is 6.57. The topological polar surface area (TPSA) is 81.4 Å². The van der Waals surface area contributed by atoms with Crippen LogP contribution in [-0.4, -0.2) is 20.6 Å². The molecule has 0 aromatic heterocycles. The molecule has 0 amide bonds. The summed E-state index contributed by atoms with van der Waals surface area (Å²) < 4.78 is 26.1. The summed E-state index contributed by atoms with van der Waals surface area (Å²) in [7, 11) is -2.30. The van der Waals surface area contributed by atoms with Crippen LogP contribution in [0.3, 0.4) is 0 Å². The lowest BCUT2D eigenvalue weighted by Crippen LogP contribution is -2.26. The summed E-state index contributed by atoms with van der Waals surface area (Å²) in [5, 5.41) is 18.4. The van der Waals surface area contributed by atoms with E-state index in [0.717, 1.165) is 9.87 Å². The first-order chi connectivity index (χ1) is 9.86. The van der Waals surface area contributed by atoms with E-state index < -0.39 is 10.0 Å². The quantitative estimate of drug-likeness (QED) is 0.944. The standard InChI is InChI=1S/C15H14N2O3S/c1-11-3-6-14(7-4-11)21(19,20)17(2)13-5-8-15(18)12(9-13)10-16/h3-9,18H,1-2H3. The van der Waals surface area contributed by atoms with Crippen LogP contribution in [0.5, 0.6) is 5.75 Å². The smallest absolute Gasteiger partial charge is 0.264 e. The highest BCUT2D eigenvalue weighted by Crippen LogP contribution is 2.26. The molecule has 2 aromatic rings. The molecule has 0 atom stereocenters. The molecule has 2 aromatic carbocycles. The lowest BCUT2D eigenvalue weighted by atomic mass is 10.2. The molecule has 2 rings (SSSR count). The Kier molecular flexibility index (Phi) is 3.87. The fourth-order valence-corrected chi connectivity index (χ4v) is 3.00. The van der Waals surface area contributed by atoms with E-state index in [4.69, 9.17) is 5.26 Å². The van der Waals surface area contributed by atoms with E-state index in [9.17, 15) is 13.5 Å². The molecule has 1 N–H and O–H groups in total. The molecular formula is C15H14N2O3S. The Morgan fingerprint density at radius 2 is 1.76 bits per heavy atom. The number of nitriles is 1. The molecule has 21 heavy (non-hydrogen) atoms. The Labute approximate surface area is 123 Å². The number of hydrogen-bond donors (Lipinski definition) is 1. The van der Waals surface area contributed by atoms with Crippen molar-refractivity contribution in [3.63, 3.8) is 0 Å². The van der Waals surface area contributed by atoms with Gasteiger partial charge in [0, 0.05) is 7.05 Å². The van der Waals surface area contributed by atoms with Crippen molar-refractivity contribution in [2.24, 2.45) is 0 Å². The van der Waals surface area contributed by atoms with Crippen molar-refractivity contribution in [3.8, 4) is 11.8 Å². The minimum Gasteiger partial charge on any atom is -0.507 e. The Bertz CT molecular complexity index is 806. The lowest BCUT2D eigenvalue weighted by molar-refractivity contribution is 0.473. The van der Waals surface area contributed by atoms with Crippen molar-refractivity contribution in [2.75, 3.05) is 11.4 Å². The minimum absolute atomic E-state index is 0.0263. The second kappa shape index (κ2) is 5.46. The maximum absolute atomic E-state index is 12.5. The van der Waals surface area contributed by atoms with Crippen LogP contribution in [0, 0.1) is 18.3 Å². The van der Waals surface area contributed by atoms with Crippen LogP contribution in [-0.2, 0) is 10.0 Å². The number of hydrogen-bond acceptors (Lipinski definition) is 4. The monoisotopic (exact) mass is 302 g/mol. The summed E-state index contributed by atoms with van der Waals surface area (Å²) in [6.45, 7) is 1.87. The number of rotatable bonds is 3. The summed E-state index contributed by atoms with van der Waals surface area (Å²) in [4.78, 5) is 0.169. The zero-order valence-corrected chi connectivity index (χ0v) is 12.4. The van der Waals surface area contributed by atoms with Crippen molar-refractivity contribution >= 4 is 15.7 Å². The van der Waals surface area contributed by atoms with Crippen LogP contribution in [0.15, 0.2) is 47.4 Å². The van der Waals surface area contributed by atoms with Crippen molar-refractivity contribution in [3.05, 3.63) is 53.6 Å². The van der Waals surface area contributed by atoms with Crippen molar-refractivity contribution < 1.29 is 13.5 Å². The molecular weight excluding hydrogens is 288 g/mol. The van der Waals surface area contributed by atoms with Crippen LogP contribution >= 0.6 is 0 Å². The molecule has 0 unspecified atom stereocenters. The van der Waals surface area contributed by atoms with E-state index in [1.807, 2.05) is 13.0 Å². The highest BCUT2D eigenvalue weighted by atomic mass is 32.2. The highest BCUT2D eigenvalue weighted by Gasteiger charge is 2.21. The van der Waals surface area contributed by atoms with Crippen molar-refractivity contribution in [2.45, 2.75) is 11.8 Å². The molecule has 0 heterocycles. The van der Waals surface area contributed by atoms with Gasteiger partial charge < -0.3 is 5.11 Å². The summed E-state index contributed by atoms with van der Waals surface area (Å²) in [6.07, 6.45) is 0. The van der Waals surface area contributed by atoms with E-state index in [1.165, 1.54) is 37.4 Å². The van der Waals surface area contributed by atoms with E-state index >= 15 is 0 Å². The van der Waals surface area contributed by atoms with Gasteiger partial charge in [-0.15, -0.1) is 0 Å². The maximum Gasteiger partial charge on any atom is 0.264 e. The van der Waals surface area contributed by atoms with Gasteiger partial charge in [0.1, 0.15) is 11.8 Å². The normalized spacial score (nSPS) is 10.9. The van der Waals surface area contributed by atoms with Crippen molar-refractivity contribution in [1.82, 2.24) is 0 Å². The van der Waals surface area contributed by atoms with Gasteiger partial charge in [0.05, 0.1) is 16.1 Å². The van der Waals surface area contributed by atoms with Gasteiger partial charge in [-0.2, -0.15) is 5.26 Å². The zero-order valence-electron chi connectivity index (χ0n) is 11.6. The molecule has 108 valence electrons. The van der Waals surface area contributed by atoms with Crippen LogP contribution in [0.4, 0.5) is 5.69 Å². The van der Waals surface area contributed by atoms with Gasteiger partial charge >= 0.3 is 0 Å². The molecule has 0 aliphatic carbocycles. The van der Waals surface area contributed by atoms with Gasteiger partial charge in [0.2, 0.25) is 0 Å². The molecule has 6 heteroatoms. The largest absolute Gasteiger partial charge is 0.507 e. The molecule has 0 aliphatic heterocycles. The minimum atomic E-state index is -3.70. The third kappa shape index (κ3) is 2.83. The lowest BCUT2D eigenvalue weighted by Gasteiger charge is -2.20. The van der Waals surface area contributed by atoms with Crippen LogP contribution in [0.2, 0.25) is 0 Å². The fourth-order valence-electron chi connectivity index (χ4n) is 1.82. The third-order valence-electron chi connectivity index (χ3n) is 3.14. The van der Waals surface area contributed by atoms with Crippen LogP contribution in [0.25, 0.3) is 0 Å². The predicted octanol–water partition coefficient (Wildman–Crippen LogP) is 2.40. The third-order valence-corrected chi connectivity index (χ3v) is 4.94. The number of aryl methyl sites for hydroxylation is 1. The Hall–Kier alpha value is -2.52. The van der Waals surface area contributed by atoms with Crippen molar-refractivity contribution in [1.29, 1.82) is 5.26 Å². The number of nitrogens with zero attached hydrogens (tertiary/aromatic N) is 2. The SMILES string of the molecule is Cc1ccc(S(=O)(=O)N(C)c2ccc(O)c(C#N)c2)cc1. The van der Waals surface area contributed by atoms with Gasteiger partial charge in [-0.3, -0.25) is 4.31 Å². The first kappa shape index (κ1) is 14.9. The van der Waals surface area contributed by atoms with E-state index in [2.05, 4.69) is 0 Å². The van der Waals surface area contributed by atoms with Gasteiger partial charge in [-0.25, -0.2) is 8.42 Å². The Morgan fingerprint density at radius 3 is 2.33 bits per heavy atom. The molecule has 0 radical (unpaired) electrons. The maximum atomic E-state index is 12.5. The summed E-state index contributed by atoms with van der Waals surface area (Å²) in [5.41, 5.74) is 1.30. The van der Waals surface area contributed by atoms with Crippen LogP contribution in [0.1, 0.15) is 11.1 Å². The van der Waals surface area contributed by atoms with Gasteiger partial charge in [-0.1, -0.05) is 17.7 Å². The molecule has 0 saturated carbocycles. The average molecular weight is 302 g/mol. The molecule has 0 spiro atoms. The number of phenols is 1. The van der Waals surface area contributed by atoms with Gasteiger partial charge in [0.15, 0.2) is 0 Å². The first-order valence-corrected chi connectivity index (χ1v) is 7.59. The first-order valence-electron chi connectivity index (χ1n) is 6.15. The molecule has 5 nitrogen and oxygen atoms in total. The average Bonchev–Trinajstić information content (AvgIpc) is 2.47.